The third-order valence-corrected chi connectivity index (χ3v) is 2.42. The number of aromatic nitrogens is 1. The Morgan fingerprint density at radius 3 is 2.62 bits per heavy atom. The average molecular weight is 214 g/mol. The van der Waals surface area contributed by atoms with E-state index in [-0.39, 0.29) is 0 Å². The molecule has 0 bridgehead atoms. The molecule has 0 atom stereocenters. The first kappa shape index (κ1) is 10.5. The smallest absolute Gasteiger partial charge is 0.219 e. The van der Waals surface area contributed by atoms with E-state index in [1.54, 1.807) is 6.20 Å². The van der Waals surface area contributed by atoms with Gasteiger partial charge in [0, 0.05) is 24.0 Å². The monoisotopic (exact) mass is 214 g/mol. The third-order valence-electron chi connectivity index (χ3n) is 2.42. The summed E-state index contributed by atoms with van der Waals surface area (Å²) in [5.41, 5.74) is 8.69. The number of hydrogen-bond acceptors (Lipinski definition) is 3. The van der Waals surface area contributed by atoms with Crippen molar-refractivity contribution in [3.63, 3.8) is 0 Å². The van der Waals surface area contributed by atoms with E-state index < -0.39 is 0 Å². The number of pyridine rings is 1. The minimum atomic E-state index is 0.578. The molecule has 2 aromatic rings. The molecule has 1 heterocycles. The van der Waals surface area contributed by atoms with Gasteiger partial charge in [-0.15, -0.1) is 0 Å². The maximum Gasteiger partial charge on any atom is 0.219 e. The lowest BCUT2D eigenvalue weighted by molar-refractivity contribution is 0.459. The molecule has 3 heteroatoms. The molecule has 0 saturated heterocycles. The zero-order valence-electron chi connectivity index (χ0n) is 9.40. The summed E-state index contributed by atoms with van der Waals surface area (Å²) in [5.74, 6) is 1.33. The summed E-state index contributed by atoms with van der Waals surface area (Å²) < 4.78 is 5.65. The van der Waals surface area contributed by atoms with Gasteiger partial charge in [0.1, 0.15) is 5.75 Å². The summed E-state index contributed by atoms with van der Waals surface area (Å²) in [4.78, 5) is 4.10. The van der Waals surface area contributed by atoms with Gasteiger partial charge in [0.2, 0.25) is 5.88 Å². The maximum absolute atomic E-state index is 5.84. The number of hydrogen-bond donors (Lipinski definition) is 1. The van der Waals surface area contributed by atoms with E-state index in [0.717, 1.165) is 22.6 Å². The Morgan fingerprint density at radius 2 is 1.94 bits per heavy atom. The molecule has 3 nitrogen and oxygen atoms in total. The highest BCUT2D eigenvalue weighted by Gasteiger charge is 2.04. The van der Waals surface area contributed by atoms with Gasteiger partial charge in [0.05, 0.1) is 0 Å². The van der Waals surface area contributed by atoms with Crippen LogP contribution in [0.5, 0.6) is 11.6 Å². The molecule has 1 aromatic carbocycles. The first-order chi connectivity index (χ1) is 7.66. The summed E-state index contributed by atoms with van der Waals surface area (Å²) in [6.07, 6.45) is 1.70. The SMILES string of the molecule is Cc1cc(C)c(Oc2ccccn2)cc1N. The number of aryl methyl sites for hydroxylation is 2. The molecule has 0 amide bonds. The molecule has 0 saturated carbocycles. The van der Waals surface area contributed by atoms with Crippen LogP contribution in [0.25, 0.3) is 0 Å². The first-order valence-corrected chi connectivity index (χ1v) is 5.12. The van der Waals surface area contributed by atoms with Crippen molar-refractivity contribution in [3.05, 3.63) is 47.7 Å². The number of nitrogen functional groups attached to an aromatic ring is 1. The highest BCUT2D eigenvalue weighted by Crippen LogP contribution is 2.27. The highest BCUT2D eigenvalue weighted by atomic mass is 16.5. The number of nitrogens with zero attached hydrogens (tertiary/aromatic N) is 1. The molecule has 0 aliphatic carbocycles. The van der Waals surface area contributed by atoms with E-state index >= 15 is 0 Å². The van der Waals surface area contributed by atoms with Crippen LogP contribution in [0.3, 0.4) is 0 Å². The predicted molar refractivity (Wildman–Crippen MR) is 64.6 cm³/mol. The molecule has 16 heavy (non-hydrogen) atoms. The Labute approximate surface area is 94.9 Å². The number of ether oxygens (including phenoxy) is 1. The van der Waals surface area contributed by atoms with Gasteiger partial charge in [-0.05, 0) is 31.0 Å². The van der Waals surface area contributed by atoms with E-state index in [0.29, 0.717) is 5.88 Å². The Morgan fingerprint density at radius 1 is 1.12 bits per heavy atom. The van der Waals surface area contributed by atoms with Gasteiger partial charge in [0.15, 0.2) is 0 Å². The van der Waals surface area contributed by atoms with E-state index in [4.69, 9.17) is 10.5 Å². The Balaban J connectivity index is 2.32. The van der Waals surface area contributed by atoms with Gasteiger partial charge in [-0.2, -0.15) is 0 Å². The topological polar surface area (TPSA) is 48.1 Å². The lowest BCUT2D eigenvalue weighted by Gasteiger charge is -2.10. The van der Waals surface area contributed by atoms with Crippen LogP contribution in [-0.2, 0) is 0 Å². The van der Waals surface area contributed by atoms with E-state index in [1.165, 1.54) is 0 Å². The zero-order chi connectivity index (χ0) is 11.5. The summed E-state index contributed by atoms with van der Waals surface area (Å²) >= 11 is 0. The molecule has 2 rings (SSSR count). The molecular formula is C13H14N2O. The van der Waals surface area contributed by atoms with Crippen LogP contribution in [0.4, 0.5) is 5.69 Å². The van der Waals surface area contributed by atoms with Crippen molar-refractivity contribution < 1.29 is 4.74 Å². The van der Waals surface area contributed by atoms with Crippen molar-refractivity contribution >= 4 is 5.69 Å². The van der Waals surface area contributed by atoms with Gasteiger partial charge in [-0.1, -0.05) is 12.1 Å². The number of anilines is 1. The summed E-state index contributed by atoms with van der Waals surface area (Å²) in [6.45, 7) is 3.97. The fourth-order valence-corrected chi connectivity index (χ4v) is 1.48. The Hall–Kier alpha value is -2.03. The summed E-state index contributed by atoms with van der Waals surface area (Å²) in [6, 6.07) is 9.39. The third kappa shape index (κ3) is 2.14. The van der Waals surface area contributed by atoms with Crippen LogP contribution in [0.2, 0.25) is 0 Å². The van der Waals surface area contributed by atoms with Crippen LogP contribution in [0.15, 0.2) is 36.5 Å². The fraction of sp³-hybridized carbons (Fsp3) is 0.154. The first-order valence-electron chi connectivity index (χ1n) is 5.12. The molecule has 0 aliphatic rings. The average Bonchev–Trinajstić information content (AvgIpc) is 2.27. The van der Waals surface area contributed by atoms with Crippen molar-refractivity contribution in [2.45, 2.75) is 13.8 Å². The van der Waals surface area contributed by atoms with Crippen molar-refractivity contribution in [2.75, 3.05) is 5.73 Å². The predicted octanol–water partition coefficient (Wildman–Crippen LogP) is 3.07. The van der Waals surface area contributed by atoms with Crippen LogP contribution < -0.4 is 10.5 Å². The second-order valence-corrected chi connectivity index (χ2v) is 3.74. The molecule has 2 N–H and O–H groups in total. The molecular weight excluding hydrogens is 200 g/mol. The van der Waals surface area contributed by atoms with Crippen molar-refractivity contribution in [1.29, 1.82) is 0 Å². The van der Waals surface area contributed by atoms with Gasteiger partial charge < -0.3 is 10.5 Å². The van der Waals surface area contributed by atoms with Gasteiger partial charge in [-0.25, -0.2) is 4.98 Å². The number of nitrogens with two attached hydrogens (primary N) is 1. The largest absolute Gasteiger partial charge is 0.439 e. The zero-order valence-corrected chi connectivity index (χ0v) is 9.40. The van der Waals surface area contributed by atoms with Crippen molar-refractivity contribution in [2.24, 2.45) is 0 Å². The van der Waals surface area contributed by atoms with Crippen LogP contribution in [0.1, 0.15) is 11.1 Å². The minimum Gasteiger partial charge on any atom is -0.439 e. The molecule has 1 aromatic heterocycles. The molecule has 0 fully saturated rings. The Kier molecular flexibility index (Phi) is 2.77. The highest BCUT2D eigenvalue weighted by molar-refractivity contribution is 5.54. The molecule has 0 aliphatic heterocycles. The quantitative estimate of drug-likeness (QED) is 0.781. The van der Waals surface area contributed by atoms with Crippen molar-refractivity contribution in [3.8, 4) is 11.6 Å². The standard InChI is InChI=1S/C13H14N2O/c1-9-7-10(2)12(8-11(9)14)16-13-5-3-4-6-15-13/h3-8H,14H2,1-2H3. The van der Waals surface area contributed by atoms with E-state index in [2.05, 4.69) is 4.98 Å². The minimum absolute atomic E-state index is 0.578. The second kappa shape index (κ2) is 4.23. The summed E-state index contributed by atoms with van der Waals surface area (Å²) in [5, 5.41) is 0. The number of benzene rings is 1. The van der Waals surface area contributed by atoms with E-state index in [1.807, 2.05) is 44.2 Å². The van der Waals surface area contributed by atoms with Gasteiger partial charge >= 0.3 is 0 Å². The molecule has 0 radical (unpaired) electrons. The molecule has 0 unspecified atom stereocenters. The lowest BCUT2D eigenvalue weighted by Crippen LogP contribution is -1.95. The number of rotatable bonds is 2. The Bertz CT molecular complexity index is 495. The fourth-order valence-electron chi connectivity index (χ4n) is 1.48. The van der Waals surface area contributed by atoms with Crippen LogP contribution in [-0.4, -0.2) is 4.98 Å². The van der Waals surface area contributed by atoms with Crippen LogP contribution in [0, 0.1) is 13.8 Å². The second-order valence-electron chi connectivity index (χ2n) is 3.74. The maximum atomic E-state index is 5.84. The lowest BCUT2D eigenvalue weighted by atomic mass is 10.1. The van der Waals surface area contributed by atoms with Crippen LogP contribution >= 0.6 is 0 Å². The van der Waals surface area contributed by atoms with Gasteiger partial charge in [-0.3, -0.25) is 0 Å². The van der Waals surface area contributed by atoms with Gasteiger partial charge in [0.25, 0.3) is 0 Å². The molecule has 0 spiro atoms. The molecule has 82 valence electrons. The summed E-state index contributed by atoms with van der Waals surface area (Å²) in [7, 11) is 0. The van der Waals surface area contributed by atoms with Crippen molar-refractivity contribution in [1.82, 2.24) is 4.98 Å². The van der Waals surface area contributed by atoms with E-state index in [9.17, 15) is 0 Å². The normalized spacial score (nSPS) is 10.1.